The Hall–Kier alpha value is -2.53. The average Bonchev–Trinajstić information content (AvgIpc) is 2.95. The number of aryl methyl sites for hydroxylation is 2. The van der Waals surface area contributed by atoms with Crippen LogP contribution in [0.25, 0.3) is 0 Å². The summed E-state index contributed by atoms with van der Waals surface area (Å²) in [4.78, 5) is 12.2. The largest absolute Gasteiger partial charge is 0.396 e. The van der Waals surface area contributed by atoms with Gasteiger partial charge in [-0.05, 0) is 6.92 Å². The Bertz CT molecular complexity index is 724. The van der Waals surface area contributed by atoms with Gasteiger partial charge >= 0.3 is 0 Å². The number of nitrogens with zero attached hydrogens (tertiary/aromatic N) is 3. The van der Waals surface area contributed by atoms with Gasteiger partial charge in [0.15, 0.2) is 0 Å². The molecule has 0 aliphatic rings. The van der Waals surface area contributed by atoms with Gasteiger partial charge in [0, 0.05) is 32.4 Å². The van der Waals surface area contributed by atoms with E-state index in [4.69, 9.17) is 11.0 Å². The number of nitriles is 1. The fourth-order valence-electron chi connectivity index (χ4n) is 2.00. The smallest absolute Gasteiger partial charge is 0.256 e. The molecule has 0 aliphatic heterocycles. The maximum Gasteiger partial charge on any atom is 0.256 e. The number of hydrogen-bond acceptors (Lipinski definition) is 6. The summed E-state index contributed by atoms with van der Waals surface area (Å²) in [6, 6.07) is 2.01. The lowest BCUT2D eigenvalue weighted by molar-refractivity contribution is 0.0965. The summed E-state index contributed by atoms with van der Waals surface area (Å²) in [5.74, 6) is -0.310. The molecule has 0 aromatic carbocycles. The maximum atomic E-state index is 11.9. The molecule has 4 N–H and O–H groups in total. The van der Waals surface area contributed by atoms with E-state index in [-0.39, 0.29) is 11.6 Å². The van der Waals surface area contributed by atoms with Crippen molar-refractivity contribution >= 4 is 27.9 Å². The summed E-state index contributed by atoms with van der Waals surface area (Å²) in [5, 5.41) is 19.6. The van der Waals surface area contributed by atoms with E-state index in [0.717, 1.165) is 11.3 Å². The number of thiophene rings is 1. The Kier molecular flexibility index (Phi) is 4.14. The lowest BCUT2D eigenvalue weighted by atomic mass is 10.2. The van der Waals surface area contributed by atoms with Gasteiger partial charge in [-0.2, -0.15) is 10.4 Å². The molecular weight excluding hydrogens is 288 g/mol. The number of aromatic nitrogens is 2. The Morgan fingerprint density at radius 2 is 2.33 bits per heavy atom. The monoisotopic (exact) mass is 304 g/mol. The molecule has 8 heteroatoms. The summed E-state index contributed by atoms with van der Waals surface area (Å²) in [7, 11) is 3.38. The minimum atomic E-state index is -0.310. The molecule has 0 fully saturated rings. The number of carbonyl (C=O) groups excluding carboxylic acids is 1. The number of nitrogens with two attached hydrogens (primary N) is 1. The molecule has 0 spiro atoms. The standard InChI is InChI=1S/C13H16N6OS/c1-7-8(6-19(3)18-7)5-17-13-10(12(20)16-2)11(15)9(4-14)21-13/h6,17H,5,15H2,1-3H3,(H,16,20). The average molecular weight is 304 g/mol. The Labute approximate surface area is 126 Å². The van der Waals surface area contributed by atoms with Crippen molar-refractivity contribution < 1.29 is 4.79 Å². The molecular formula is C13H16N6OS. The summed E-state index contributed by atoms with van der Waals surface area (Å²) in [5.41, 5.74) is 8.33. The van der Waals surface area contributed by atoms with Crippen LogP contribution < -0.4 is 16.4 Å². The molecule has 0 bridgehead atoms. The molecule has 2 heterocycles. The van der Waals surface area contributed by atoms with Crippen LogP contribution in [-0.2, 0) is 13.6 Å². The molecule has 0 atom stereocenters. The third-order valence-corrected chi connectivity index (χ3v) is 4.12. The predicted molar refractivity (Wildman–Crippen MR) is 82.1 cm³/mol. The molecule has 0 unspecified atom stereocenters. The van der Waals surface area contributed by atoms with Crippen molar-refractivity contribution in [3.63, 3.8) is 0 Å². The third kappa shape index (κ3) is 2.83. The highest BCUT2D eigenvalue weighted by atomic mass is 32.1. The summed E-state index contributed by atoms with van der Waals surface area (Å²) < 4.78 is 1.73. The Balaban J connectivity index is 2.29. The number of anilines is 2. The van der Waals surface area contributed by atoms with Gasteiger partial charge in [0.25, 0.3) is 5.91 Å². The van der Waals surface area contributed by atoms with E-state index in [1.54, 1.807) is 4.68 Å². The van der Waals surface area contributed by atoms with Crippen LogP contribution in [0.3, 0.4) is 0 Å². The summed E-state index contributed by atoms with van der Waals surface area (Å²) >= 11 is 1.18. The van der Waals surface area contributed by atoms with E-state index in [1.165, 1.54) is 18.4 Å². The SMILES string of the molecule is CNC(=O)c1c(NCc2cn(C)nc2C)sc(C#N)c1N. The van der Waals surface area contributed by atoms with Crippen molar-refractivity contribution in [1.82, 2.24) is 15.1 Å². The molecule has 0 saturated heterocycles. The molecule has 2 aromatic heterocycles. The fraction of sp³-hybridized carbons (Fsp3) is 0.308. The fourth-order valence-corrected chi connectivity index (χ4v) is 2.91. The second-order valence-electron chi connectivity index (χ2n) is 4.51. The van der Waals surface area contributed by atoms with E-state index in [1.807, 2.05) is 26.2 Å². The second kappa shape index (κ2) is 5.85. The van der Waals surface area contributed by atoms with Crippen molar-refractivity contribution in [3.05, 3.63) is 27.9 Å². The van der Waals surface area contributed by atoms with Crippen LogP contribution in [0.5, 0.6) is 0 Å². The van der Waals surface area contributed by atoms with Crippen LogP contribution in [0.2, 0.25) is 0 Å². The number of carbonyl (C=O) groups is 1. The van der Waals surface area contributed by atoms with E-state index >= 15 is 0 Å². The van der Waals surface area contributed by atoms with E-state index in [2.05, 4.69) is 15.7 Å². The highest BCUT2D eigenvalue weighted by Gasteiger charge is 2.21. The number of hydrogen-bond donors (Lipinski definition) is 3. The highest BCUT2D eigenvalue weighted by Crippen LogP contribution is 2.35. The molecule has 110 valence electrons. The molecule has 1 amide bonds. The molecule has 0 radical (unpaired) electrons. The Morgan fingerprint density at radius 1 is 1.62 bits per heavy atom. The lowest BCUT2D eigenvalue weighted by Crippen LogP contribution is -2.20. The highest BCUT2D eigenvalue weighted by molar-refractivity contribution is 7.17. The van der Waals surface area contributed by atoms with Gasteiger partial charge in [0.05, 0.1) is 16.9 Å². The predicted octanol–water partition coefficient (Wildman–Crippen LogP) is 1.22. The minimum absolute atomic E-state index is 0.215. The second-order valence-corrected chi connectivity index (χ2v) is 5.53. The molecule has 21 heavy (non-hydrogen) atoms. The molecule has 0 aliphatic carbocycles. The number of amides is 1. The summed E-state index contributed by atoms with van der Waals surface area (Å²) in [6.45, 7) is 2.43. The number of nitrogens with one attached hydrogen (secondary N) is 2. The first kappa shape index (κ1) is 14.9. The van der Waals surface area contributed by atoms with Crippen LogP contribution in [0.15, 0.2) is 6.20 Å². The zero-order chi connectivity index (χ0) is 15.6. The van der Waals surface area contributed by atoms with Crippen LogP contribution in [0.4, 0.5) is 10.7 Å². The van der Waals surface area contributed by atoms with Crippen LogP contribution in [-0.4, -0.2) is 22.7 Å². The van der Waals surface area contributed by atoms with Gasteiger partial charge in [-0.25, -0.2) is 0 Å². The normalized spacial score (nSPS) is 10.2. The molecule has 7 nitrogen and oxygen atoms in total. The van der Waals surface area contributed by atoms with Gasteiger partial charge in [-0.3, -0.25) is 9.48 Å². The van der Waals surface area contributed by atoms with Crippen LogP contribution in [0.1, 0.15) is 26.5 Å². The molecule has 2 rings (SSSR count). The molecule has 0 saturated carbocycles. The van der Waals surface area contributed by atoms with E-state index < -0.39 is 0 Å². The maximum absolute atomic E-state index is 11.9. The van der Waals surface area contributed by atoms with Crippen LogP contribution >= 0.6 is 11.3 Å². The number of rotatable bonds is 4. The van der Waals surface area contributed by atoms with Crippen LogP contribution in [0, 0.1) is 18.3 Å². The first-order valence-electron chi connectivity index (χ1n) is 6.25. The zero-order valence-electron chi connectivity index (χ0n) is 12.0. The minimum Gasteiger partial charge on any atom is -0.396 e. The van der Waals surface area contributed by atoms with E-state index in [0.29, 0.717) is 22.0 Å². The lowest BCUT2D eigenvalue weighted by Gasteiger charge is -2.06. The number of nitrogen functional groups attached to an aromatic ring is 1. The first-order valence-corrected chi connectivity index (χ1v) is 7.07. The first-order chi connectivity index (χ1) is 9.97. The van der Waals surface area contributed by atoms with Crippen molar-refractivity contribution in [2.45, 2.75) is 13.5 Å². The van der Waals surface area contributed by atoms with Gasteiger partial charge in [-0.1, -0.05) is 0 Å². The van der Waals surface area contributed by atoms with Crippen molar-refractivity contribution in [2.24, 2.45) is 7.05 Å². The Morgan fingerprint density at radius 3 is 2.86 bits per heavy atom. The van der Waals surface area contributed by atoms with Gasteiger partial charge in [0.2, 0.25) is 0 Å². The molecule has 2 aromatic rings. The van der Waals surface area contributed by atoms with Gasteiger partial charge in [-0.15, -0.1) is 11.3 Å². The quantitative estimate of drug-likeness (QED) is 0.787. The van der Waals surface area contributed by atoms with Crippen molar-refractivity contribution in [2.75, 3.05) is 18.1 Å². The topological polar surface area (TPSA) is 109 Å². The van der Waals surface area contributed by atoms with Gasteiger partial charge < -0.3 is 16.4 Å². The van der Waals surface area contributed by atoms with Crippen molar-refractivity contribution in [3.8, 4) is 6.07 Å². The van der Waals surface area contributed by atoms with E-state index in [9.17, 15) is 4.79 Å². The summed E-state index contributed by atoms with van der Waals surface area (Å²) in [6.07, 6.45) is 1.91. The van der Waals surface area contributed by atoms with Gasteiger partial charge in [0.1, 0.15) is 15.9 Å². The van der Waals surface area contributed by atoms with Crippen molar-refractivity contribution in [1.29, 1.82) is 5.26 Å². The third-order valence-electron chi connectivity index (χ3n) is 3.06. The zero-order valence-corrected chi connectivity index (χ0v) is 12.8.